The Morgan fingerprint density at radius 3 is 2.48 bits per heavy atom. The van der Waals surface area contributed by atoms with E-state index >= 15 is 0 Å². The molecule has 2 aromatic carbocycles. The summed E-state index contributed by atoms with van der Waals surface area (Å²) in [6, 6.07) is 12.0. The first-order valence-corrected chi connectivity index (χ1v) is 11.9. The molecule has 1 unspecified atom stereocenters. The Balaban J connectivity index is 1.62. The van der Waals surface area contributed by atoms with Gasteiger partial charge in [0.25, 0.3) is 0 Å². The molecule has 1 saturated heterocycles. The number of nitrogens with zero attached hydrogens (tertiary/aromatic N) is 3. The molecule has 1 aliphatic heterocycles. The molecule has 10 heteroatoms. The number of aryl methyl sites for hydroxylation is 2. The average molecular weight is 465 g/mol. The molecular formula is C21H25ClN4O4S. The van der Waals surface area contributed by atoms with Crippen LogP contribution in [0.5, 0.6) is 0 Å². The minimum Gasteiger partial charge on any atom is -0.379 e. The van der Waals surface area contributed by atoms with Crippen LogP contribution in [0.3, 0.4) is 0 Å². The second kappa shape index (κ2) is 8.76. The molecule has 0 bridgehead atoms. The van der Waals surface area contributed by atoms with Crippen molar-refractivity contribution < 1.29 is 13.2 Å². The van der Waals surface area contributed by atoms with E-state index in [0.717, 1.165) is 5.56 Å². The Morgan fingerprint density at radius 1 is 1.06 bits per heavy atom. The van der Waals surface area contributed by atoms with Crippen molar-refractivity contribution in [3.63, 3.8) is 0 Å². The summed E-state index contributed by atoms with van der Waals surface area (Å²) in [6.07, 6.45) is 0. The van der Waals surface area contributed by atoms with Crippen molar-refractivity contribution in [2.75, 3.05) is 32.8 Å². The number of ether oxygens (including phenoxy) is 1. The number of hydrogen-bond acceptors (Lipinski definition) is 5. The summed E-state index contributed by atoms with van der Waals surface area (Å²) in [5.41, 5.74) is 1.98. The van der Waals surface area contributed by atoms with E-state index in [4.69, 9.17) is 16.3 Å². The molecule has 3 aromatic rings. The number of fused-ring (bicyclic) bond motifs is 1. The zero-order valence-corrected chi connectivity index (χ0v) is 19.0. The number of rotatable bonds is 6. The van der Waals surface area contributed by atoms with Crippen molar-refractivity contribution in [2.24, 2.45) is 14.1 Å². The Bertz CT molecular complexity index is 1260. The minimum absolute atomic E-state index is 0.119. The van der Waals surface area contributed by atoms with Crippen molar-refractivity contribution in [3.05, 3.63) is 63.5 Å². The molecule has 0 radical (unpaired) electrons. The van der Waals surface area contributed by atoms with Crippen LogP contribution >= 0.6 is 11.6 Å². The van der Waals surface area contributed by atoms with Gasteiger partial charge in [0.1, 0.15) is 0 Å². The van der Waals surface area contributed by atoms with E-state index in [1.807, 2.05) is 18.2 Å². The third-order valence-corrected chi connectivity index (χ3v) is 7.40. The van der Waals surface area contributed by atoms with Crippen LogP contribution in [0.4, 0.5) is 0 Å². The van der Waals surface area contributed by atoms with Gasteiger partial charge in [-0.15, -0.1) is 0 Å². The van der Waals surface area contributed by atoms with E-state index in [1.54, 1.807) is 26.2 Å². The van der Waals surface area contributed by atoms with Crippen LogP contribution in [-0.2, 0) is 28.9 Å². The second-order valence-electron chi connectivity index (χ2n) is 7.62. The number of hydrogen-bond donors (Lipinski definition) is 1. The van der Waals surface area contributed by atoms with Gasteiger partial charge in [-0.2, -0.15) is 0 Å². The fourth-order valence-corrected chi connectivity index (χ4v) is 5.24. The summed E-state index contributed by atoms with van der Waals surface area (Å²) in [5.74, 6) is 0. The van der Waals surface area contributed by atoms with Gasteiger partial charge in [-0.3, -0.25) is 14.0 Å². The maximum atomic E-state index is 13.1. The first-order chi connectivity index (χ1) is 14.8. The maximum absolute atomic E-state index is 13.1. The third kappa shape index (κ3) is 4.42. The quantitative estimate of drug-likeness (QED) is 0.602. The molecule has 0 amide bonds. The van der Waals surface area contributed by atoms with Crippen molar-refractivity contribution in [1.82, 2.24) is 18.8 Å². The molecule has 1 fully saturated rings. The monoisotopic (exact) mass is 464 g/mol. The summed E-state index contributed by atoms with van der Waals surface area (Å²) >= 11 is 6.19. The van der Waals surface area contributed by atoms with Gasteiger partial charge in [0, 0.05) is 44.8 Å². The summed E-state index contributed by atoms with van der Waals surface area (Å²) < 4.78 is 37.3. The van der Waals surface area contributed by atoms with Gasteiger partial charge >= 0.3 is 5.69 Å². The topological polar surface area (TPSA) is 85.6 Å². The number of benzene rings is 2. The highest BCUT2D eigenvalue weighted by Crippen LogP contribution is 2.25. The van der Waals surface area contributed by atoms with Crippen molar-refractivity contribution in [2.45, 2.75) is 10.9 Å². The normalized spacial score (nSPS) is 16.6. The van der Waals surface area contributed by atoms with E-state index in [-0.39, 0.29) is 23.2 Å². The summed E-state index contributed by atoms with van der Waals surface area (Å²) in [6.45, 7) is 2.80. The number of aromatic nitrogens is 2. The highest BCUT2D eigenvalue weighted by Gasteiger charge is 2.25. The predicted molar refractivity (Wildman–Crippen MR) is 120 cm³/mol. The molecule has 166 valence electrons. The van der Waals surface area contributed by atoms with Gasteiger partial charge in [-0.25, -0.2) is 17.9 Å². The zero-order valence-electron chi connectivity index (χ0n) is 17.4. The molecule has 0 saturated carbocycles. The smallest absolute Gasteiger partial charge is 0.328 e. The molecule has 1 aromatic heterocycles. The Morgan fingerprint density at radius 2 is 1.77 bits per heavy atom. The summed E-state index contributed by atoms with van der Waals surface area (Å²) in [7, 11) is -0.501. The molecule has 2 heterocycles. The van der Waals surface area contributed by atoms with E-state index in [1.165, 1.54) is 21.3 Å². The lowest BCUT2D eigenvalue weighted by Crippen LogP contribution is -2.43. The lowest BCUT2D eigenvalue weighted by atomic mass is 10.1. The molecule has 31 heavy (non-hydrogen) atoms. The van der Waals surface area contributed by atoms with E-state index in [2.05, 4.69) is 9.62 Å². The van der Waals surface area contributed by atoms with E-state index in [9.17, 15) is 13.2 Å². The summed E-state index contributed by atoms with van der Waals surface area (Å²) in [5, 5.41) is 0.606. The Kier molecular flexibility index (Phi) is 6.23. The van der Waals surface area contributed by atoms with Gasteiger partial charge in [0.05, 0.1) is 29.1 Å². The fourth-order valence-electron chi connectivity index (χ4n) is 3.99. The van der Waals surface area contributed by atoms with E-state index in [0.29, 0.717) is 42.4 Å². The Hall–Kier alpha value is -2.17. The van der Waals surface area contributed by atoms with Crippen LogP contribution in [0.1, 0.15) is 11.6 Å². The largest absolute Gasteiger partial charge is 0.379 e. The SMILES string of the molecule is Cn1c(=O)n(C)c2cc(S(=O)(=O)NCC(c3cccc(Cl)c3)N3CCOCC3)ccc21. The molecule has 1 aliphatic rings. The number of halogens is 1. The highest BCUT2D eigenvalue weighted by atomic mass is 35.5. The van der Waals surface area contributed by atoms with Gasteiger partial charge in [0.2, 0.25) is 10.0 Å². The van der Waals surface area contributed by atoms with Crippen LogP contribution in [0.15, 0.2) is 52.2 Å². The number of sulfonamides is 1. The summed E-state index contributed by atoms with van der Waals surface area (Å²) in [4.78, 5) is 14.5. The predicted octanol–water partition coefficient (Wildman–Crippen LogP) is 1.88. The third-order valence-electron chi connectivity index (χ3n) is 5.74. The minimum atomic E-state index is -3.79. The van der Waals surface area contributed by atoms with Gasteiger partial charge in [0.15, 0.2) is 0 Å². The van der Waals surface area contributed by atoms with Crippen molar-refractivity contribution >= 4 is 32.7 Å². The van der Waals surface area contributed by atoms with Crippen molar-refractivity contribution in [3.8, 4) is 0 Å². The van der Waals surface area contributed by atoms with Crippen LogP contribution in [-0.4, -0.2) is 55.3 Å². The molecule has 1 N–H and O–H groups in total. The average Bonchev–Trinajstić information content (AvgIpc) is 2.98. The highest BCUT2D eigenvalue weighted by molar-refractivity contribution is 7.89. The number of morpholine rings is 1. The lowest BCUT2D eigenvalue weighted by Gasteiger charge is -2.35. The van der Waals surface area contributed by atoms with Crippen LogP contribution in [0.2, 0.25) is 5.02 Å². The Labute approximate surface area is 186 Å². The van der Waals surface area contributed by atoms with Crippen molar-refractivity contribution in [1.29, 1.82) is 0 Å². The molecule has 0 aliphatic carbocycles. The molecular weight excluding hydrogens is 440 g/mol. The van der Waals surface area contributed by atoms with Crippen LogP contribution < -0.4 is 10.4 Å². The molecule has 1 atom stereocenters. The lowest BCUT2D eigenvalue weighted by molar-refractivity contribution is 0.0172. The molecule has 4 rings (SSSR count). The standard InChI is InChI=1S/C21H25ClN4O4S/c1-24-18-7-6-17(13-19(18)25(2)21(24)27)31(28,29)23-14-20(26-8-10-30-11-9-26)15-4-3-5-16(22)12-15/h3-7,12-13,20,23H,8-11,14H2,1-2H3. The fraction of sp³-hybridized carbons (Fsp3) is 0.381. The molecule has 8 nitrogen and oxygen atoms in total. The number of imidazole rings is 1. The van der Waals surface area contributed by atoms with Gasteiger partial charge in [-0.1, -0.05) is 23.7 Å². The number of nitrogens with one attached hydrogen (secondary N) is 1. The second-order valence-corrected chi connectivity index (χ2v) is 9.83. The molecule has 0 spiro atoms. The first kappa shape index (κ1) is 22.0. The van der Waals surface area contributed by atoms with Gasteiger partial charge < -0.3 is 4.74 Å². The van der Waals surface area contributed by atoms with Crippen LogP contribution in [0, 0.1) is 0 Å². The first-order valence-electron chi connectivity index (χ1n) is 10.0. The zero-order chi connectivity index (χ0) is 22.2. The van der Waals surface area contributed by atoms with E-state index < -0.39 is 10.0 Å². The van der Waals surface area contributed by atoms with Crippen LogP contribution in [0.25, 0.3) is 11.0 Å². The van der Waals surface area contributed by atoms with Gasteiger partial charge in [-0.05, 0) is 35.9 Å². The maximum Gasteiger partial charge on any atom is 0.328 e.